The Labute approximate surface area is 135 Å². The zero-order valence-electron chi connectivity index (χ0n) is 13.6. The van der Waals surface area contributed by atoms with E-state index in [1.807, 2.05) is 27.7 Å². The van der Waals surface area contributed by atoms with E-state index in [0.29, 0.717) is 11.8 Å². The Morgan fingerprint density at radius 2 is 1.95 bits per heavy atom. The van der Waals surface area contributed by atoms with Crippen LogP contribution in [-0.2, 0) is 4.74 Å². The second-order valence-corrected chi connectivity index (χ2v) is 8.03. The SMILES string of the molecule is Cc1nsc(N2C[C@H]3CC[C@@H](C2)[C@@H]3NC(=O)OC(C)(C)C)n1. The van der Waals surface area contributed by atoms with Gasteiger partial charge in [-0.3, -0.25) is 0 Å². The van der Waals surface area contributed by atoms with Gasteiger partial charge in [0.2, 0.25) is 5.13 Å². The molecule has 1 aliphatic heterocycles. The molecule has 22 heavy (non-hydrogen) atoms. The summed E-state index contributed by atoms with van der Waals surface area (Å²) in [6.45, 7) is 9.47. The summed E-state index contributed by atoms with van der Waals surface area (Å²) in [5.41, 5.74) is -0.450. The molecule has 2 aliphatic rings. The maximum absolute atomic E-state index is 12.0. The second kappa shape index (κ2) is 5.68. The molecule has 3 atom stereocenters. The van der Waals surface area contributed by atoms with Crippen molar-refractivity contribution in [3.05, 3.63) is 5.82 Å². The predicted molar refractivity (Wildman–Crippen MR) is 86.2 cm³/mol. The maximum atomic E-state index is 12.0. The quantitative estimate of drug-likeness (QED) is 0.905. The Kier molecular flexibility index (Phi) is 4.01. The summed E-state index contributed by atoms with van der Waals surface area (Å²) in [6.07, 6.45) is 2.01. The van der Waals surface area contributed by atoms with E-state index in [-0.39, 0.29) is 12.1 Å². The highest BCUT2D eigenvalue weighted by molar-refractivity contribution is 7.09. The molecule has 2 heterocycles. The first-order chi connectivity index (χ1) is 10.3. The van der Waals surface area contributed by atoms with Gasteiger partial charge in [-0.2, -0.15) is 4.37 Å². The van der Waals surface area contributed by atoms with Gasteiger partial charge in [-0.25, -0.2) is 9.78 Å². The van der Waals surface area contributed by atoms with Crippen LogP contribution in [0.25, 0.3) is 0 Å². The fraction of sp³-hybridized carbons (Fsp3) is 0.800. The number of aromatic nitrogens is 2. The molecule has 1 amide bonds. The summed E-state index contributed by atoms with van der Waals surface area (Å²) >= 11 is 1.46. The summed E-state index contributed by atoms with van der Waals surface area (Å²) in [5, 5.41) is 4.10. The van der Waals surface area contributed by atoms with Crippen molar-refractivity contribution >= 4 is 22.8 Å². The number of hydrogen-bond acceptors (Lipinski definition) is 6. The molecule has 1 saturated heterocycles. The molecule has 0 unspecified atom stereocenters. The lowest BCUT2D eigenvalue weighted by atomic mass is 9.92. The average molecular weight is 324 g/mol. The standard InChI is InChI=1S/C15H24N4O2S/c1-9-16-13(22-18-9)19-7-10-5-6-11(8-19)12(10)17-14(20)21-15(2,3)4/h10-12H,5-8H2,1-4H3,(H,17,20)/t10-,11+,12-. The number of piperidine rings is 1. The normalized spacial score (nSPS) is 27.8. The summed E-state index contributed by atoms with van der Waals surface area (Å²) < 4.78 is 9.66. The number of fused-ring (bicyclic) bond motifs is 2. The van der Waals surface area contributed by atoms with Crippen LogP contribution in [0, 0.1) is 18.8 Å². The van der Waals surface area contributed by atoms with E-state index in [0.717, 1.165) is 36.9 Å². The van der Waals surface area contributed by atoms with Crippen molar-refractivity contribution < 1.29 is 9.53 Å². The van der Waals surface area contributed by atoms with E-state index in [1.54, 1.807) is 0 Å². The van der Waals surface area contributed by atoms with Crippen molar-refractivity contribution in [2.45, 2.75) is 52.2 Å². The summed E-state index contributed by atoms with van der Waals surface area (Å²) in [5.74, 6) is 1.77. The van der Waals surface area contributed by atoms with Crippen LogP contribution in [0.3, 0.4) is 0 Å². The Bertz CT molecular complexity index is 540. The van der Waals surface area contributed by atoms with Crippen LogP contribution in [0.4, 0.5) is 9.93 Å². The lowest BCUT2D eigenvalue weighted by molar-refractivity contribution is 0.0472. The third-order valence-electron chi connectivity index (χ3n) is 4.30. The number of nitrogens with one attached hydrogen (secondary N) is 1. The van der Waals surface area contributed by atoms with Crippen LogP contribution < -0.4 is 10.2 Å². The number of amides is 1. The molecular formula is C15H24N4O2S. The average Bonchev–Trinajstić information content (AvgIpc) is 2.89. The molecule has 1 saturated carbocycles. The van der Waals surface area contributed by atoms with Crippen LogP contribution in [-0.4, -0.2) is 40.2 Å². The van der Waals surface area contributed by atoms with Gasteiger partial charge >= 0.3 is 6.09 Å². The highest BCUT2D eigenvalue weighted by Gasteiger charge is 2.43. The first kappa shape index (κ1) is 15.5. The lowest BCUT2D eigenvalue weighted by Gasteiger charge is -2.38. The Balaban J connectivity index is 1.62. The number of alkyl carbamates (subject to hydrolysis) is 1. The molecule has 0 spiro atoms. The van der Waals surface area contributed by atoms with Crippen LogP contribution in [0.15, 0.2) is 0 Å². The molecule has 1 aromatic heterocycles. The second-order valence-electron chi connectivity index (χ2n) is 7.30. The van der Waals surface area contributed by atoms with Gasteiger partial charge in [0.25, 0.3) is 0 Å². The molecule has 6 nitrogen and oxygen atoms in total. The monoisotopic (exact) mass is 324 g/mol. The van der Waals surface area contributed by atoms with Crippen LogP contribution in [0.5, 0.6) is 0 Å². The molecule has 1 aromatic rings. The minimum atomic E-state index is -0.450. The minimum Gasteiger partial charge on any atom is -0.444 e. The van der Waals surface area contributed by atoms with Gasteiger partial charge in [-0.05, 0) is 52.4 Å². The van der Waals surface area contributed by atoms with Crippen molar-refractivity contribution in [3.8, 4) is 0 Å². The third-order valence-corrected chi connectivity index (χ3v) is 5.17. The van der Waals surface area contributed by atoms with Gasteiger partial charge in [0.05, 0.1) is 0 Å². The van der Waals surface area contributed by atoms with E-state index < -0.39 is 5.60 Å². The largest absolute Gasteiger partial charge is 0.444 e. The van der Waals surface area contributed by atoms with Crippen molar-refractivity contribution in [2.24, 2.45) is 11.8 Å². The van der Waals surface area contributed by atoms with Gasteiger partial charge in [-0.1, -0.05) is 0 Å². The van der Waals surface area contributed by atoms with Crippen LogP contribution in [0.2, 0.25) is 0 Å². The number of nitrogens with zero attached hydrogens (tertiary/aromatic N) is 3. The molecule has 2 bridgehead atoms. The number of aryl methyl sites for hydroxylation is 1. The molecule has 3 rings (SSSR count). The van der Waals surface area contributed by atoms with Gasteiger partial charge in [0.1, 0.15) is 11.4 Å². The van der Waals surface area contributed by atoms with Crippen LogP contribution in [0.1, 0.15) is 39.4 Å². The zero-order valence-corrected chi connectivity index (χ0v) is 14.4. The molecule has 0 aromatic carbocycles. The van der Waals surface area contributed by atoms with Crippen molar-refractivity contribution in [3.63, 3.8) is 0 Å². The molecule has 122 valence electrons. The van der Waals surface area contributed by atoms with Gasteiger partial charge in [0, 0.05) is 30.7 Å². The molecule has 1 aliphatic carbocycles. The van der Waals surface area contributed by atoms with E-state index in [9.17, 15) is 4.79 Å². The van der Waals surface area contributed by atoms with E-state index in [4.69, 9.17) is 4.74 Å². The third kappa shape index (κ3) is 3.34. The molecule has 0 radical (unpaired) electrons. The Hall–Kier alpha value is -1.37. The van der Waals surface area contributed by atoms with E-state index >= 15 is 0 Å². The predicted octanol–water partition coefficient (Wildman–Crippen LogP) is 2.59. The number of ether oxygens (including phenoxy) is 1. The molecule has 2 fully saturated rings. The van der Waals surface area contributed by atoms with Crippen molar-refractivity contribution in [1.82, 2.24) is 14.7 Å². The maximum Gasteiger partial charge on any atom is 0.407 e. The summed E-state index contributed by atoms with van der Waals surface area (Å²) in [4.78, 5) is 18.8. The zero-order chi connectivity index (χ0) is 15.9. The fourth-order valence-electron chi connectivity index (χ4n) is 3.47. The van der Waals surface area contributed by atoms with E-state index in [1.165, 1.54) is 11.5 Å². The first-order valence-electron chi connectivity index (χ1n) is 7.86. The molecule has 7 heteroatoms. The van der Waals surface area contributed by atoms with E-state index in [2.05, 4.69) is 19.6 Å². The van der Waals surface area contributed by atoms with Gasteiger partial charge in [-0.15, -0.1) is 0 Å². The van der Waals surface area contributed by atoms with Gasteiger partial charge in [0.15, 0.2) is 0 Å². The highest BCUT2D eigenvalue weighted by Crippen LogP contribution is 2.39. The number of anilines is 1. The molecular weight excluding hydrogens is 300 g/mol. The number of carbonyl (C=O) groups excluding carboxylic acids is 1. The Morgan fingerprint density at radius 3 is 2.45 bits per heavy atom. The number of rotatable bonds is 2. The molecule has 1 N–H and O–H groups in total. The number of hydrogen-bond donors (Lipinski definition) is 1. The lowest BCUT2D eigenvalue weighted by Crippen LogP contribution is -2.53. The number of carbonyl (C=O) groups is 1. The summed E-state index contributed by atoms with van der Waals surface area (Å²) in [7, 11) is 0. The Morgan fingerprint density at radius 1 is 1.32 bits per heavy atom. The van der Waals surface area contributed by atoms with Crippen molar-refractivity contribution in [2.75, 3.05) is 18.0 Å². The fourth-order valence-corrected chi connectivity index (χ4v) is 4.16. The van der Waals surface area contributed by atoms with Crippen molar-refractivity contribution in [1.29, 1.82) is 0 Å². The minimum absolute atomic E-state index is 0.222. The van der Waals surface area contributed by atoms with Crippen LogP contribution >= 0.6 is 11.5 Å². The highest BCUT2D eigenvalue weighted by atomic mass is 32.1. The topological polar surface area (TPSA) is 67.4 Å². The first-order valence-corrected chi connectivity index (χ1v) is 8.64. The summed E-state index contributed by atoms with van der Waals surface area (Å²) in [6, 6.07) is 0.222. The van der Waals surface area contributed by atoms with Gasteiger partial charge < -0.3 is 15.0 Å². The smallest absolute Gasteiger partial charge is 0.407 e.